The maximum atomic E-state index is 12.8. The van der Waals surface area contributed by atoms with Gasteiger partial charge >= 0.3 is 0 Å². The first kappa shape index (κ1) is 16.3. The van der Waals surface area contributed by atoms with Crippen LogP contribution in [0.15, 0.2) is 72.6 Å². The van der Waals surface area contributed by atoms with Gasteiger partial charge in [-0.3, -0.25) is 9.20 Å². The highest BCUT2D eigenvalue weighted by Crippen LogP contribution is 2.23. The number of nitrogens with zero attached hydrogens (tertiary/aromatic N) is 6. The zero-order valence-corrected chi connectivity index (χ0v) is 15.2. The van der Waals surface area contributed by atoms with Gasteiger partial charge in [0.05, 0.1) is 16.9 Å². The van der Waals surface area contributed by atoms with Gasteiger partial charge in [-0.25, -0.2) is 4.98 Å². The first-order valence-electron chi connectivity index (χ1n) is 8.44. The number of amides is 1. The fraction of sp³-hybridized carbons (Fsp3) is 0. The molecular formula is C19H13N7OS. The van der Waals surface area contributed by atoms with E-state index in [1.165, 1.54) is 11.0 Å². The molecule has 9 heteroatoms. The quantitative estimate of drug-likeness (QED) is 0.511. The van der Waals surface area contributed by atoms with Crippen molar-refractivity contribution < 1.29 is 4.79 Å². The minimum Gasteiger partial charge on any atom is -0.322 e. The van der Waals surface area contributed by atoms with E-state index in [9.17, 15) is 4.79 Å². The van der Waals surface area contributed by atoms with Crippen LogP contribution in [0.2, 0.25) is 0 Å². The lowest BCUT2D eigenvalue weighted by molar-refractivity contribution is 0.102. The molecule has 136 valence electrons. The van der Waals surface area contributed by atoms with E-state index in [4.69, 9.17) is 0 Å². The van der Waals surface area contributed by atoms with E-state index in [1.54, 1.807) is 29.5 Å². The SMILES string of the molecule is O=C(Nc1ccc(-c2cn3ccsc3n2)cc1)c1ccccc1-n1cnnn1. The summed E-state index contributed by atoms with van der Waals surface area (Å²) >= 11 is 1.59. The highest BCUT2D eigenvalue weighted by Gasteiger charge is 2.14. The molecule has 28 heavy (non-hydrogen) atoms. The summed E-state index contributed by atoms with van der Waals surface area (Å²) in [7, 11) is 0. The molecule has 5 rings (SSSR count). The number of tetrazole rings is 1. The van der Waals surface area contributed by atoms with Crippen molar-refractivity contribution >= 4 is 27.9 Å². The lowest BCUT2D eigenvalue weighted by Gasteiger charge is -2.09. The lowest BCUT2D eigenvalue weighted by atomic mass is 10.1. The molecule has 0 fully saturated rings. The van der Waals surface area contributed by atoms with Crippen molar-refractivity contribution in [2.75, 3.05) is 5.32 Å². The number of thiazole rings is 1. The molecule has 0 aliphatic carbocycles. The predicted octanol–water partition coefficient (Wildman–Crippen LogP) is 3.29. The molecular weight excluding hydrogens is 374 g/mol. The molecule has 0 saturated carbocycles. The molecule has 0 aliphatic rings. The number of nitrogens with one attached hydrogen (secondary N) is 1. The predicted molar refractivity (Wildman–Crippen MR) is 106 cm³/mol. The third kappa shape index (κ3) is 2.93. The van der Waals surface area contributed by atoms with Crippen LogP contribution in [0.4, 0.5) is 5.69 Å². The van der Waals surface area contributed by atoms with Gasteiger partial charge in [-0.05, 0) is 34.7 Å². The monoisotopic (exact) mass is 387 g/mol. The molecule has 0 aliphatic heterocycles. The zero-order valence-electron chi connectivity index (χ0n) is 14.4. The second-order valence-corrected chi connectivity index (χ2v) is 6.90. The lowest BCUT2D eigenvalue weighted by Crippen LogP contribution is -2.15. The average molecular weight is 387 g/mol. The molecule has 1 amide bonds. The van der Waals surface area contributed by atoms with E-state index < -0.39 is 0 Å². The number of imidazole rings is 1. The molecule has 0 spiro atoms. The van der Waals surface area contributed by atoms with Crippen molar-refractivity contribution in [1.82, 2.24) is 29.6 Å². The third-order valence-corrected chi connectivity index (χ3v) is 5.05. The molecule has 3 heterocycles. The normalized spacial score (nSPS) is 11.0. The highest BCUT2D eigenvalue weighted by atomic mass is 32.1. The fourth-order valence-corrected chi connectivity index (χ4v) is 3.63. The number of aromatic nitrogens is 6. The summed E-state index contributed by atoms with van der Waals surface area (Å²) in [6.45, 7) is 0. The number of anilines is 1. The van der Waals surface area contributed by atoms with Gasteiger partial charge in [0.15, 0.2) is 4.96 Å². The number of carbonyl (C=O) groups is 1. The van der Waals surface area contributed by atoms with Crippen molar-refractivity contribution in [3.05, 3.63) is 78.2 Å². The summed E-state index contributed by atoms with van der Waals surface area (Å²) in [5.74, 6) is -0.235. The standard InChI is InChI=1S/C19H13N7OS/c27-18(15-3-1-2-4-17(15)26-12-20-23-24-26)21-14-7-5-13(6-8-14)16-11-25-9-10-28-19(25)22-16/h1-12H,(H,21,27). The topological polar surface area (TPSA) is 90.0 Å². The van der Waals surface area contributed by atoms with Gasteiger partial charge in [-0.1, -0.05) is 24.3 Å². The second kappa shape index (κ2) is 6.71. The summed E-state index contributed by atoms with van der Waals surface area (Å²) in [6.07, 6.45) is 5.42. The number of benzene rings is 2. The van der Waals surface area contributed by atoms with Crippen LogP contribution in [-0.4, -0.2) is 35.5 Å². The number of fused-ring (bicyclic) bond motifs is 1. The fourth-order valence-electron chi connectivity index (χ4n) is 2.93. The Morgan fingerprint density at radius 2 is 1.93 bits per heavy atom. The number of carbonyl (C=O) groups excluding carboxylic acids is 1. The number of rotatable bonds is 4. The van der Waals surface area contributed by atoms with E-state index >= 15 is 0 Å². The maximum absolute atomic E-state index is 12.8. The molecule has 5 aromatic rings. The summed E-state index contributed by atoms with van der Waals surface area (Å²) < 4.78 is 3.45. The van der Waals surface area contributed by atoms with E-state index in [0.29, 0.717) is 16.9 Å². The summed E-state index contributed by atoms with van der Waals surface area (Å²) in [4.78, 5) is 18.3. The molecule has 0 atom stereocenters. The first-order valence-corrected chi connectivity index (χ1v) is 9.32. The maximum Gasteiger partial charge on any atom is 0.257 e. The zero-order chi connectivity index (χ0) is 18.9. The third-order valence-electron chi connectivity index (χ3n) is 4.28. The summed E-state index contributed by atoms with van der Waals surface area (Å²) in [5.41, 5.74) is 3.67. The Bertz CT molecular complexity index is 1230. The Hall–Kier alpha value is -3.85. The van der Waals surface area contributed by atoms with Gasteiger partial charge in [0, 0.05) is 29.0 Å². The number of hydrogen-bond acceptors (Lipinski definition) is 6. The van der Waals surface area contributed by atoms with Gasteiger partial charge < -0.3 is 5.32 Å². The van der Waals surface area contributed by atoms with E-state index in [2.05, 4.69) is 25.8 Å². The van der Waals surface area contributed by atoms with Gasteiger partial charge in [-0.15, -0.1) is 16.4 Å². The Balaban J connectivity index is 1.38. The van der Waals surface area contributed by atoms with E-state index in [0.717, 1.165) is 16.2 Å². The average Bonchev–Trinajstić information content (AvgIpc) is 3.46. The summed E-state index contributed by atoms with van der Waals surface area (Å²) in [5, 5.41) is 16.0. The molecule has 0 radical (unpaired) electrons. The van der Waals surface area contributed by atoms with Crippen molar-refractivity contribution in [1.29, 1.82) is 0 Å². The van der Waals surface area contributed by atoms with Crippen LogP contribution in [0, 0.1) is 0 Å². The minimum absolute atomic E-state index is 0.235. The summed E-state index contributed by atoms with van der Waals surface area (Å²) in [6, 6.07) is 14.8. The molecule has 0 bridgehead atoms. The smallest absolute Gasteiger partial charge is 0.257 e. The van der Waals surface area contributed by atoms with Crippen molar-refractivity contribution in [2.45, 2.75) is 0 Å². The molecule has 8 nitrogen and oxygen atoms in total. The van der Waals surface area contributed by atoms with Crippen molar-refractivity contribution in [3.8, 4) is 16.9 Å². The van der Waals surface area contributed by atoms with Gasteiger partial charge in [-0.2, -0.15) is 4.68 Å². The number of para-hydroxylation sites is 1. The van der Waals surface area contributed by atoms with Crippen LogP contribution in [-0.2, 0) is 0 Å². The second-order valence-electron chi connectivity index (χ2n) is 6.02. The van der Waals surface area contributed by atoms with Crippen LogP contribution in [0.25, 0.3) is 21.9 Å². The number of hydrogen-bond donors (Lipinski definition) is 1. The molecule has 3 aromatic heterocycles. The molecule has 1 N–H and O–H groups in total. The Kier molecular flexibility index (Phi) is 3.91. The first-order chi connectivity index (χ1) is 13.8. The Morgan fingerprint density at radius 3 is 2.71 bits per heavy atom. The van der Waals surface area contributed by atoms with Crippen molar-refractivity contribution in [3.63, 3.8) is 0 Å². The van der Waals surface area contributed by atoms with Crippen molar-refractivity contribution in [2.24, 2.45) is 0 Å². The van der Waals surface area contributed by atoms with Crippen LogP contribution in [0.5, 0.6) is 0 Å². The highest BCUT2D eigenvalue weighted by molar-refractivity contribution is 7.15. The Morgan fingerprint density at radius 1 is 1.07 bits per heavy atom. The van der Waals surface area contributed by atoms with E-state index in [1.807, 2.05) is 52.5 Å². The van der Waals surface area contributed by atoms with Gasteiger partial charge in [0.2, 0.25) is 0 Å². The minimum atomic E-state index is -0.235. The van der Waals surface area contributed by atoms with Crippen LogP contribution < -0.4 is 5.32 Å². The van der Waals surface area contributed by atoms with Gasteiger partial charge in [0.25, 0.3) is 5.91 Å². The van der Waals surface area contributed by atoms with Gasteiger partial charge in [0.1, 0.15) is 6.33 Å². The van der Waals surface area contributed by atoms with Crippen LogP contribution in [0.3, 0.4) is 0 Å². The largest absolute Gasteiger partial charge is 0.322 e. The van der Waals surface area contributed by atoms with E-state index in [-0.39, 0.29) is 5.91 Å². The van der Waals surface area contributed by atoms with Crippen LogP contribution in [0.1, 0.15) is 10.4 Å². The van der Waals surface area contributed by atoms with Crippen LogP contribution >= 0.6 is 11.3 Å². The molecule has 0 unspecified atom stereocenters. The Labute approximate surface area is 163 Å². The molecule has 0 saturated heterocycles. The molecule has 2 aromatic carbocycles.